The molecule has 0 fully saturated rings. The largest absolute Gasteiger partial charge is 0.380 e. The Labute approximate surface area is 120 Å². The van der Waals surface area contributed by atoms with Crippen LogP contribution in [-0.4, -0.2) is 50.4 Å². The van der Waals surface area contributed by atoms with Crippen molar-refractivity contribution in [3.05, 3.63) is 40.6 Å². The summed E-state index contributed by atoms with van der Waals surface area (Å²) < 4.78 is 2.55. The number of hydrogen-bond acceptors (Lipinski definition) is 5. The van der Waals surface area contributed by atoms with Crippen LogP contribution in [-0.2, 0) is 6.54 Å². The van der Waals surface area contributed by atoms with Gasteiger partial charge in [0.2, 0.25) is 0 Å². The molecule has 0 aliphatic rings. The minimum Gasteiger partial charge on any atom is -0.380 e. The van der Waals surface area contributed by atoms with Crippen molar-refractivity contribution < 1.29 is 5.11 Å². The second-order valence-electron chi connectivity index (χ2n) is 4.44. The maximum absolute atomic E-state index is 10.4. The van der Waals surface area contributed by atoms with Crippen LogP contribution in [0.4, 0.5) is 0 Å². The molecule has 0 aromatic carbocycles. The fourth-order valence-corrected chi connectivity index (χ4v) is 2.22. The Balaban J connectivity index is 2.26. The van der Waals surface area contributed by atoms with Gasteiger partial charge in [-0.2, -0.15) is 5.10 Å². The Bertz CT molecular complexity index is 528. The van der Waals surface area contributed by atoms with Gasteiger partial charge in [0, 0.05) is 18.9 Å². The van der Waals surface area contributed by atoms with Gasteiger partial charge < -0.3 is 10.0 Å². The van der Waals surface area contributed by atoms with Crippen molar-refractivity contribution in [1.29, 1.82) is 0 Å². The lowest BCUT2D eigenvalue weighted by atomic mass is 10.2. The monoisotopic (exact) mass is 325 g/mol. The molecule has 0 spiro atoms. The Kier molecular flexibility index (Phi) is 4.62. The van der Waals surface area contributed by atoms with Crippen molar-refractivity contribution in [1.82, 2.24) is 24.6 Å². The Hall–Kier alpha value is -1.31. The van der Waals surface area contributed by atoms with Crippen LogP contribution >= 0.6 is 15.9 Å². The normalized spacial score (nSPS) is 12.9. The number of aliphatic hydroxyl groups is 1. The van der Waals surface area contributed by atoms with Crippen LogP contribution in [0.1, 0.15) is 17.5 Å². The lowest BCUT2D eigenvalue weighted by molar-refractivity contribution is 0.199. The zero-order valence-electron chi connectivity index (χ0n) is 10.9. The van der Waals surface area contributed by atoms with Gasteiger partial charge in [-0.1, -0.05) is 0 Å². The van der Waals surface area contributed by atoms with E-state index in [9.17, 15) is 5.11 Å². The zero-order valence-corrected chi connectivity index (χ0v) is 12.4. The summed E-state index contributed by atoms with van der Waals surface area (Å²) in [4.78, 5) is 10.2. The predicted octanol–water partition coefficient (Wildman–Crippen LogP) is 1.08. The zero-order chi connectivity index (χ0) is 13.8. The number of likely N-dealkylation sites (N-methyl/N-ethyl adjacent to an activating group) is 1. The van der Waals surface area contributed by atoms with Gasteiger partial charge in [0.25, 0.3) is 0 Å². The van der Waals surface area contributed by atoms with Crippen LogP contribution in [0.3, 0.4) is 0 Å². The third-order valence-corrected chi connectivity index (χ3v) is 3.33. The molecule has 2 aromatic heterocycles. The number of aromatic nitrogens is 4. The molecule has 19 heavy (non-hydrogen) atoms. The third-order valence-electron chi connectivity index (χ3n) is 2.71. The third kappa shape index (κ3) is 3.37. The molecule has 0 aliphatic carbocycles. The van der Waals surface area contributed by atoms with E-state index in [1.165, 1.54) is 0 Å². The minimum atomic E-state index is -0.840. The Morgan fingerprint density at radius 2 is 2.16 bits per heavy atom. The van der Waals surface area contributed by atoms with E-state index in [1.807, 2.05) is 14.1 Å². The molecule has 1 unspecified atom stereocenters. The highest BCUT2D eigenvalue weighted by molar-refractivity contribution is 9.10. The minimum absolute atomic E-state index is 0.509. The molecule has 1 N–H and O–H groups in total. The molecule has 0 radical (unpaired) electrons. The quantitative estimate of drug-likeness (QED) is 0.891. The van der Waals surface area contributed by atoms with Crippen molar-refractivity contribution in [2.24, 2.45) is 0 Å². The van der Waals surface area contributed by atoms with Crippen LogP contribution in [0, 0.1) is 0 Å². The first kappa shape index (κ1) is 14.1. The first-order valence-electron chi connectivity index (χ1n) is 5.89. The standard InChI is InChI=1S/C12H16BrN5O/c1-17(2)5-6-18-11(9(13)7-16-18)12(19)10-8-14-3-4-15-10/h3-4,7-8,12,19H,5-6H2,1-2H3. The van der Waals surface area contributed by atoms with Crippen LogP contribution in [0.15, 0.2) is 29.3 Å². The number of nitrogens with zero attached hydrogens (tertiary/aromatic N) is 5. The fourth-order valence-electron chi connectivity index (χ4n) is 1.71. The molecule has 6 nitrogen and oxygen atoms in total. The van der Waals surface area contributed by atoms with Crippen LogP contribution in [0.2, 0.25) is 0 Å². The van der Waals surface area contributed by atoms with Gasteiger partial charge in [-0.05, 0) is 30.0 Å². The number of aliphatic hydroxyl groups excluding tert-OH is 1. The van der Waals surface area contributed by atoms with E-state index in [4.69, 9.17) is 0 Å². The summed E-state index contributed by atoms with van der Waals surface area (Å²) in [5.41, 5.74) is 1.21. The molecular formula is C12H16BrN5O. The Morgan fingerprint density at radius 1 is 1.37 bits per heavy atom. The SMILES string of the molecule is CN(C)CCn1ncc(Br)c1C(O)c1cnccn1. The Morgan fingerprint density at radius 3 is 2.79 bits per heavy atom. The van der Waals surface area contributed by atoms with E-state index >= 15 is 0 Å². The molecule has 2 aromatic rings. The summed E-state index contributed by atoms with van der Waals surface area (Å²) >= 11 is 3.42. The molecule has 1 atom stereocenters. The molecule has 0 bridgehead atoms. The van der Waals surface area contributed by atoms with Crippen molar-refractivity contribution in [3.63, 3.8) is 0 Å². The molecule has 7 heteroatoms. The number of hydrogen-bond donors (Lipinski definition) is 1. The lowest BCUT2D eigenvalue weighted by Gasteiger charge is -2.15. The van der Waals surface area contributed by atoms with Crippen LogP contribution in [0.25, 0.3) is 0 Å². The first-order valence-corrected chi connectivity index (χ1v) is 6.69. The number of rotatable bonds is 5. The van der Waals surface area contributed by atoms with Crippen molar-refractivity contribution in [3.8, 4) is 0 Å². The average molecular weight is 326 g/mol. The fraction of sp³-hybridized carbons (Fsp3) is 0.417. The molecule has 0 saturated carbocycles. The first-order chi connectivity index (χ1) is 9.09. The van der Waals surface area contributed by atoms with Gasteiger partial charge in [0.05, 0.1) is 34.8 Å². The van der Waals surface area contributed by atoms with E-state index in [0.717, 1.165) is 11.0 Å². The molecule has 2 heterocycles. The van der Waals surface area contributed by atoms with E-state index < -0.39 is 6.10 Å². The highest BCUT2D eigenvalue weighted by Crippen LogP contribution is 2.26. The molecule has 0 saturated heterocycles. The molecule has 0 amide bonds. The second-order valence-corrected chi connectivity index (χ2v) is 5.29. The second kappa shape index (κ2) is 6.23. The molecule has 102 valence electrons. The van der Waals surface area contributed by atoms with E-state index in [0.29, 0.717) is 17.9 Å². The summed E-state index contributed by atoms with van der Waals surface area (Å²) in [5.74, 6) is 0. The molecule has 0 aliphatic heterocycles. The van der Waals surface area contributed by atoms with Gasteiger partial charge in [-0.25, -0.2) is 0 Å². The molecule has 2 rings (SSSR count). The summed E-state index contributed by atoms with van der Waals surface area (Å²) in [5, 5.41) is 14.7. The van der Waals surface area contributed by atoms with Crippen molar-refractivity contribution >= 4 is 15.9 Å². The lowest BCUT2D eigenvalue weighted by Crippen LogP contribution is -2.21. The summed E-state index contributed by atoms with van der Waals surface area (Å²) in [6.07, 6.45) is 5.54. The summed E-state index contributed by atoms with van der Waals surface area (Å²) in [6.45, 7) is 1.54. The molecular weight excluding hydrogens is 310 g/mol. The maximum Gasteiger partial charge on any atom is 0.140 e. The summed E-state index contributed by atoms with van der Waals surface area (Å²) in [7, 11) is 3.99. The van der Waals surface area contributed by atoms with Gasteiger partial charge in [0.15, 0.2) is 0 Å². The van der Waals surface area contributed by atoms with E-state index in [-0.39, 0.29) is 0 Å². The van der Waals surface area contributed by atoms with Gasteiger partial charge in [0.1, 0.15) is 6.10 Å². The predicted molar refractivity (Wildman–Crippen MR) is 74.6 cm³/mol. The van der Waals surface area contributed by atoms with Gasteiger partial charge in [-0.3, -0.25) is 14.6 Å². The van der Waals surface area contributed by atoms with E-state index in [2.05, 4.69) is 35.9 Å². The van der Waals surface area contributed by atoms with Gasteiger partial charge in [-0.15, -0.1) is 0 Å². The smallest absolute Gasteiger partial charge is 0.140 e. The van der Waals surface area contributed by atoms with Crippen LogP contribution in [0.5, 0.6) is 0 Å². The summed E-state index contributed by atoms with van der Waals surface area (Å²) in [6, 6.07) is 0. The average Bonchev–Trinajstić information content (AvgIpc) is 2.78. The van der Waals surface area contributed by atoms with Crippen molar-refractivity contribution in [2.75, 3.05) is 20.6 Å². The van der Waals surface area contributed by atoms with Crippen LogP contribution < -0.4 is 0 Å². The maximum atomic E-state index is 10.4. The van der Waals surface area contributed by atoms with E-state index in [1.54, 1.807) is 29.5 Å². The van der Waals surface area contributed by atoms with Gasteiger partial charge >= 0.3 is 0 Å². The highest BCUT2D eigenvalue weighted by atomic mass is 79.9. The number of halogens is 1. The topological polar surface area (TPSA) is 67.1 Å². The van der Waals surface area contributed by atoms with Crippen molar-refractivity contribution in [2.45, 2.75) is 12.6 Å². The highest BCUT2D eigenvalue weighted by Gasteiger charge is 2.20.